The highest BCUT2D eigenvalue weighted by atomic mass is 16.5. The average molecular weight is 347 g/mol. The highest BCUT2D eigenvalue weighted by Gasteiger charge is 2.01. The van der Waals surface area contributed by atoms with Crippen molar-refractivity contribution >= 4 is 22.9 Å². The van der Waals surface area contributed by atoms with Gasteiger partial charge < -0.3 is 15.2 Å². The Morgan fingerprint density at radius 3 is 2.62 bits per heavy atom. The highest BCUT2D eigenvalue weighted by Crippen LogP contribution is 2.21. The maximum atomic E-state index is 11.6. The van der Waals surface area contributed by atoms with Gasteiger partial charge in [-0.2, -0.15) is 0 Å². The summed E-state index contributed by atoms with van der Waals surface area (Å²) in [6.45, 7) is 0.792. The molecule has 4 heteroatoms. The van der Waals surface area contributed by atoms with Crippen LogP contribution in [0.2, 0.25) is 0 Å². The first-order valence-electron chi connectivity index (χ1n) is 8.54. The Bertz CT molecular complexity index is 904. The first-order valence-corrected chi connectivity index (χ1v) is 8.54. The van der Waals surface area contributed by atoms with Crippen molar-refractivity contribution in [3.63, 3.8) is 0 Å². The van der Waals surface area contributed by atoms with E-state index >= 15 is 0 Å². The van der Waals surface area contributed by atoms with Crippen LogP contribution in [0.4, 0.5) is 4.79 Å². The van der Waals surface area contributed by atoms with Crippen molar-refractivity contribution in [2.75, 3.05) is 6.54 Å². The van der Waals surface area contributed by atoms with Gasteiger partial charge in [-0.15, -0.1) is 0 Å². The van der Waals surface area contributed by atoms with Gasteiger partial charge in [0.15, 0.2) is 0 Å². The van der Waals surface area contributed by atoms with Gasteiger partial charge in [-0.05, 0) is 46.5 Å². The van der Waals surface area contributed by atoms with Gasteiger partial charge in [0.1, 0.15) is 12.4 Å². The van der Waals surface area contributed by atoms with Crippen molar-refractivity contribution in [3.8, 4) is 5.75 Å². The van der Waals surface area contributed by atoms with Crippen molar-refractivity contribution in [2.24, 2.45) is 0 Å². The minimum Gasteiger partial charge on any atom is -0.508 e. The van der Waals surface area contributed by atoms with Crippen molar-refractivity contribution in [2.45, 2.75) is 13.0 Å². The number of ether oxygens (including phenoxy) is 1. The average Bonchev–Trinajstić information content (AvgIpc) is 2.67. The van der Waals surface area contributed by atoms with E-state index in [1.165, 1.54) is 0 Å². The van der Waals surface area contributed by atoms with Gasteiger partial charge in [0.2, 0.25) is 0 Å². The molecule has 0 heterocycles. The second-order valence-electron chi connectivity index (χ2n) is 5.97. The minimum absolute atomic E-state index is 0.269. The third-order valence-corrected chi connectivity index (χ3v) is 3.95. The molecule has 3 rings (SSSR count). The second kappa shape index (κ2) is 8.72. The zero-order valence-electron chi connectivity index (χ0n) is 14.4. The molecule has 0 aliphatic heterocycles. The summed E-state index contributed by atoms with van der Waals surface area (Å²) < 4.78 is 5.16. The Labute approximate surface area is 152 Å². The van der Waals surface area contributed by atoms with Crippen LogP contribution in [-0.4, -0.2) is 17.7 Å². The van der Waals surface area contributed by atoms with E-state index in [0.717, 1.165) is 21.9 Å². The maximum absolute atomic E-state index is 11.6. The fraction of sp³-hybridized carbons (Fsp3) is 0.136. The summed E-state index contributed by atoms with van der Waals surface area (Å²) in [5.74, 6) is 0.269. The first-order chi connectivity index (χ1) is 12.7. The number of hydrogen-bond donors (Lipinski definition) is 2. The van der Waals surface area contributed by atoms with E-state index in [-0.39, 0.29) is 12.4 Å². The number of nitrogens with one attached hydrogen (secondary N) is 1. The molecule has 0 spiro atoms. The molecule has 3 aromatic carbocycles. The van der Waals surface area contributed by atoms with Crippen LogP contribution < -0.4 is 5.32 Å². The molecule has 132 valence electrons. The molecule has 0 aliphatic carbocycles. The summed E-state index contributed by atoms with van der Waals surface area (Å²) in [7, 11) is 0. The van der Waals surface area contributed by atoms with Crippen molar-refractivity contribution in [1.29, 1.82) is 0 Å². The van der Waals surface area contributed by atoms with E-state index in [1.54, 1.807) is 12.1 Å². The molecule has 1 amide bonds. The van der Waals surface area contributed by atoms with Gasteiger partial charge in [0.05, 0.1) is 0 Å². The molecule has 0 radical (unpaired) electrons. The number of benzene rings is 3. The van der Waals surface area contributed by atoms with Crippen LogP contribution in [0.15, 0.2) is 72.8 Å². The largest absolute Gasteiger partial charge is 0.508 e. The van der Waals surface area contributed by atoms with Crippen molar-refractivity contribution in [3.05, 3.63) is 83.9 Å². The lowest BCUT2D eigenvalue weighted by Crippen LogP contribution is -2.24. The number of fused-ring (bicyclic) bond motifs is 1. The van der Waals surface area contributed by atoms with E-state index < -0.39 is 6.09 Å². The zero-order chi connectivity index (χ0) is 18.2. The molecule has 4 nitrogen and oxygen atoms in total. The molecule has 0 fully saturated rings. The van der Waals surface area contributed by atoms with Gasteiger partial charge in [-0.3, -0.25) is 0 Å². The fourth-order valence-electron chi connectivity index (χ4n) is 2.61. The minimum atomic E-state index is -0.409. The van der Waals surface area contributed by atoms with Crippen LogP contribution in [0, 0.1) is 0 Å². The predicted molar refractivity (Wildman–Crippen MR) is 104 cm³/mol. The first kappa shape index (κ1) is 17.5. The molecule has 0 aromatic heterocycles. The summed E-state index contributed by atoms with van der Waals surface area (Å²) in [5, 5.41) is 14.3. The summed E-state index contributed by atoms with van der Waals surface area (Å²) in [6.07, 6.45) is 4.34. The number of phenolic OH excluding ortho intramolecular Hbond substituents is 1. The van der Waals surface area contributed by atoms with Gasteiger partial charge >= 0.3 is 6.09 Å². The lowest BCUT2D eigenvalue weighted by Gasteiger charge is -2.06. The zero-order valence-corrected chi connectivity index (χ0v) is 14.4. The summed E-state index contributed by atoms with van der Waals surface area (Å²) >= 11 is 0. The Kier molecular flexibility index (Phi) is 5.88. The van der Waals surface area contributed by atoms with Gasteiger partial charge in [-0.25, -0.2) is 4.79 Å². The molecular weight excluding hydrogens is 326 g/mol. The molecule has 0 unspecified atom stereocenters. The van der Waals surface area contributed by atoms with E-state index in [0.29, 0.717) is 13.0 Å². The van der Waals surface area contributed by atoms with Crippen LogP contribution in [-0.2, 0) is 11.3 Å². The van der Waals surface area contributed by atoms with Crippen LogP contribution in [0.5, 0.6) is 5.75 Å². The van der Waals surface area contributed by atoms with Gasteiger partial charge in [0, 0.05) is 6.54 Å². The number of alkyl carbamates (subject to hydrolysis) is 1. The SMILES string of the molecule is O=C(NCCC=Cc1ccc2cc(O)ccc2c1)OCc1ccccc1. The number of carbonyl (C=O) groups excluding carboxylic acids is 1. The number of aromatic hydroxyl groups is 1. The van der Waals surface area contributed by atoms with Gasteiger partial charge in [0.25, 0.3) is 0 Å². The van der Waals surface area contributed by atoms with Crippen molar-refractivity contribution in [1.82, 2.24) is 5.32 Å². The lowest BCUT2D eigenvalue weighted by atomic mass is 10.1. The van der Waals surface area contributed by atoms with Crippen LogP contribution in [0.3, 0.4) is 0 Å². The Morgan fingerprint density at radius 1 is 1.00 bits per heavy atom. The van der Waals surface area contributed by atoms with E-state index in [1.807, 2.05) is 60.7 Å². The summed E-state index contributed by atoms with van der Waals surface area (Å²) in [4.78, 5) is 11.6. The number of rotatable bonds is 6. The van der Waals surface area contributed by atoms with Gasteiger partial charge in [-0.1, -0.05) is 60.7 Å². The molecule has 0 atom stereocenters. The second-order valence-corrected chi connectivity index (χ2v) is 5.97. The number of amides is 1. The molecular formula is C22H21NO3. The van der Waals surface area contributed by atoms with E-state index in [4.69, 9.17) is 4.74 Å². The Hall–Kier alpha value is -3.27. The van der Waals surface area contributed by atoms with E-state index in [2.05, 4.69) is 11.4 Å². The Morgan fingerprint density at radius 2 is 1.77 bits per heavy atom. The Balaban J connectivity index is 1.41. The predicted octanol–water partition coefficient (Wildman–Crippen LogP) is 4.88. The normalized spacial score (nSPS) is 10.9. The van der Waals surface area contributed by atoms with E-state index in [9.17, 15) is 9.90 Å². The molecule has 0 saturated carbocycles. The van der Waals surface area contributed by atoms with Crippen LogP contribution in [0.25, 0.3) is 16.8 Å². The third kappa shape index (κ3) is 5.11. The van der Waals surface area contributed by atoms with Crippen LogP contribution >= 0.6 is 0 Å². The smallest absolute Gasteiger partial charge is 0.407 e. The number of phenols is 1. The number of hydrogen-bond acceptors (Lipinski definition) is 3. The molecule has 3 aromatic rings. The van der Waals surface area contributed by atoms with Crippen LogP contribution in [0.1, 0.15) is 17.5 Å². The molecule has 0 aliphatic rings. The molecule has 26 heavy (non-hydrogen) atoms. The lowest BCUT2D eigenvalue weighted by molar-refractivity contribution is 0.140. The third-order valence-electron chi connectivity index (χ3n) is 3.95. The monoisotopic (exact) mass is 347 g/mol. The summed E-state index contributed by atoms with van der Waals surface area (Å²) in [5.41, 5.74) is 2.04. The topological polar surface area (TPSA) is 58.6 Å². The van der Waals surface area contributed by atoms with Crippen molar-refractivity contribution < 1.29 is 14.6 Å². The standard InChI is InChI=1S/C22H21NO3/c24-21-12-11-19-14-17(9-10-20(19)15-21)6-4-5-13-23-22(25)26-16-18-7-2-1-3-8-18/h1-4,6-12,14-15,24H,5,13,16H2,(H,23,25). The molecule has 0 saturated heterocycles. The molecule has 2 N–H and O–H groups in total. The quantitative estimate of drug-likeness (QED) is 0.625. The maximum Gasteiger partial charge on any atom is 0.407 e. The number of carbonyl (C=O) groups is 1. The highest BCUT2D eigenvalue weighted by molar-refractivity contribution is 5.85. The molecule has 0 bridgehead atoms. The fourth-order valence-corrected chi connectivity index (χ4v) is 2.61. The summed E-state index contributed by atoms with van der Waals surface area (Å²) in [6, 6.07) is 21.0.